The molecule has 2 saturated carbocycles. The van der Waals surface area contributed by atoms with Gasteiger partial charge in [-0.3, -0.25) is 19.2 Å². The Bertz CT molecular complexity index is 982. The number of hydrogen-bond donors (Lipinski definition) is 5. The predicted octanol–water partition coefficient (Wildman–Crippen LogP) is 1.21. The van der Waals surface area contributed by atoms with Crippen molar-refractivity contribution in [1.29, 1.82) is 0 Å². The van der Waals surface area contributed by atoms with E-state index in [2.05, 4.69) is 16.0 Å². The summed E-state index contributed by atoms with van der Waals surface area (Å²) in [5.74, 6) is -3.85. The highest BCUT2D eigenvalue weighted by molar-refractivity contribution is 6.37. The second-order valence-electron chi connectivity index (χ2n) is 12.4. The van der Waals surface area contributed by atoms with E-state index in [9.17, 15) is 33.9 Å². The molecule has 0 spiro atoms. The van der Waals surface area contributed by atoms with Crippen LogP contribution in [0.2, 0.25) is 0 Å². The maximum atomic E-state index is 13.8. The van der Waals surface area contributed by atoms with Gasteiger partial charge in [-0.15, -0.1) is 0 Å². The molecular formula is C27H43N5O7. The zero-order valence-electron chi connectivity index (χ0n) is 23.2. The minimum Gasteiger partial charge on any atom is -0.480 e. The minimum absolute atomic E-state index is 0.228. The van der Waals surface area contributed by atoms with Crippen molar-refractivity contribution in [2.24, 2.45) is 17.1 Å². The number of likely N-dealkylation sites (tertiary alicyclic amines) is 1. The van der Waals surface area contributed by atoms with Crippen molar-refractivity contribution in [2.75, 3.05) is 6.54 Å². The number of Topliss-reactive ketones (excluding diaryl/α,β-unsaturated/α-hetero) is 1. The molecule has 1 heterocycles. The minimum atomic E-state index is -1.38. The number of carboxylic acid groups (broad SMARTS) is 1. The lowest BCUT2D eigenvalue weighted by Gasteiger charge is -2.38. The van der Waals surface area contributed by atoms with Crippen LogP contribution in [-0.2, 0) is 24.0 Å². The molecule has 3 aliphatic rings. The third kappa shape index (κ3) is 7.27. The van der Waals surface area contributed by atoms with E-state index < -0.39 is 64.6 Å². The average molecular weight is 550 g/mol. The maximum Gasteiger partial charge on any atom is 0.329 e. The third-order valence-electron chi connectivity index (χ3n) is 8.37. The van der Waals surface area contributed by atoms with Gasteiger partial charge in [0.05, 0.1) is 6.04 Å². The zero-order valence-corrected chi connectivity index (χ0v) is 23.2. The van der Waals surface area contributed by atoms with Crippen LogP contribution in [0.5, 0.6) is 0 Å². The van der Waals surface area contributed by atoms with Gasteiger partial charge in [-0.05, 0) is 43.4 Å². The van der Waals surface area contributed by atoms with E-state index in [1.807, 2.05) is 0 Å². The number of ketones is 1. The van der Waals surface area contributed by atoms with Crippen LogP contribution >= 0.6 is 0 Å². The monoisotopic (exact) mass is 549 g/mol. The van der Waals surface area contributed by atoms with Gasteiger partial charge in [-0.25, -0.2) is 9.59 Å². The van der Waals surface area contributed by atoms with Gasteiger partial charge < -0.3 is 31.7 Å². The highest BCUT2D eigenvalue weighted by atomic mass is 16.4. The highest BCUT2D eigenvalue weighted by Gasteiger charge is 2.45. The summed E-state index contributed by atoms with van der Waals surface area (Å²) in [6.07, 6.45) is 6.97. The molecule has 3 rings (SSSR count). The first-order valence-electron chi connectivity index (χ1n) is 14.0. The van der Waals surface area contributed by atoms with E-state index in [4.69, 9.17) is 5.73 Å². The highest BCUT2D eigenvalue weighted by Crippen LogP contribution is 2.32. The summed E-state index contributed by atoms with van der Waals surface area (Å²) in [5, 5.41) is 17.8. The second-order valence-corrected chi connectivity index (χ2v) is 12.4. The third-order valence-corrected chi connectivity index (χ3v) is 8.37. The molecule has 0 radical (unpaired) electrons. The Balaban J connectivity index is 1.72. The lowest BCUT2D eigenvalue weighted by atomic mass is 9.80. The van der Waals surface area contributed by atoms with Gasteiger partial charge >= 0.3 is 12.0 Å². The number of aliphatic carboxylic acids is 1. The summed E-state index contributed by atoms with van der Waals surface area (Å²) in [4.78, 5) is 77.5. The van der Waals surface area contributed by atoms with Gasteiger partial charge in [0.2, 0.25) is 17.6 Å². The maximum absolute atomic E-state index is 13.8. The fourth-order valence-corrected chi connectivity index (χ4v) is 5.78. The second kappa shape index (κ2) is 12.3. The molecule has 0 aromatic heterocycles. The van der Waals surface area contributed by atoms with Crippen molar-refractivity contribution in [3.63, 3.8) is 0 Å². The number of carbonyl (C=O) groups is 6. The van der Waals surface area contributed by atoms with Crippen molar-refractivity contribution < 1.29 is 33.9 Å². The quantitative estimate of drug-likeness (QED) is 0.253. The first kappa shape index (κ1) is 30.4. The van der Waals surface area contributed by atoms with Crippen molar-refractivity contribution >= 4 is 35.5 Å². The fourth-order valence-electron chi connectivity index (χ4n) is 5.78. The van der Waals surface area contributed by atoms with Gasteiger partial charge in [-0.2, -0.15) is 0 Å². The summed E-state index contributed by atoms with van der Waals surface area (Å²) in [5.41, 5.74) is 3.08. The summed E-state index contributed by atoms with van der Waals surface area (Å²) in [6.45, 7) is 5.60. The standard InChI is InChI=1S/C27H43N5O7/c1-26(2,3)20(30-25(39)31-27(24(37)38)12-5-4-6-13-27)23(36)32-14-8-11-18(32)22(35)29-17(19(33)21(28)34)15-16-9-7-10-16/h16-18,20H,4-15H2,1-3H3,(H2,28,34)(H,29,35)(H,37,38)(H2,30,31,39)/t17?,18-,20+/m0/s1. The SMILES string of the molecule is CC(C)(C)[C@H](NC(=O)NC1(C(=O)O)CCCCC1)C(=O)N1CCC[C@H]1C(=O)NC(CC1CCC1)C(=O)C(N)=O. The van der Waals surface area contributed by atoms with Gasteiger partial charge in [0.1, 0.15) is 17.6 Å². The molecule has 0 aromatic carbocycles. The van der Waals surface area contributed by atoms with E-state index in [-0.39, 0.29) is 12.5 Å². The number of nitrogens with two attached hydrogens (primary N) is 1. The van der Waals surface area contributed by atoms with Crippen LogP contribution in [0.25, 0.3) is 0 Å². The topological polar surface area (TPSA) is 188 Å². The van der Waals surface area contributed by atoms with Gasteiger partial charge in [0.25, 0.3) is 5.91 Å². The Hall–Kier alpha value is -3.18. The molecule has 3 atom stereocenters. The number of nitrogens with zero attached hydrogens (tertiary/aromatic N) is 1. The zero-order chi connectivity index (χ0) is 29.0. The molecule has 1 aliphatic heterocycles. The van der Waals surface area contributed by atoms with Crippen molar-refractivity contribution in [1.82, 2.24) is 20.9 Å². The molecule has 1 saturated heterocycles. The van der Waals surface area contributed by atoms with Crippen molar-refractivity contribution in [2.45, 2.75) is 115 Å². The fraction of sp³-hybridized carbons (Fsp3) is 0.778. The van der Waals surface area contributed by atoms with E-state index >= 15 is 0 Å². The normalized spacial score (nSPS) is 22.6. The van der Waals surface area contributed by atoms with Crippen LogP contribution in [0.1, 0.15) is 91.4 Å². The van der Waals surface area contributed by atoms with Crippen LogP contribution in [0.15, 0.2) is 0 Å². The number of amides is 5. The number of urea groups is 1. The molecule has 39 heavy (non-hydrogen) atoms. The lowest BCUT2D eigenvalue weighted by Crippen LogP contribution is -2.63. The predicted molar refractivity (Wildman–Crippen MR) is 141 cm³/mol. The molecule has 0 aromatic rings. The number of carboxylic acids is 1. The molecule has 3 fully saturated rings. The van der Waals surface area contributed by atoms with Crippen LogP contribution in [-0.4, -0.2) is 75.7 Å². The Morgan fingerprint density at radius 3 is 2.10 bits per heavy atom. The summed E-state index contributed by atoms with van der Waals surface area (Å²) >= 11 is 0. The van der Waals surface area contributed by atoms with Gasteiger partial charge in [0.15, 0.2) is 0 Å². The molecule has 2 aliphatic carbocycles. The van der Waals surface area contributed by atoms with Crippen LogP contribution in [0, 0.1) is 11.3 Å². The summed E-state index contributed by atoms with van der Waals surface area (Å²) in [7, 11) is 0. The molecule has 5 amide bonds. The molecule has 218 valence electrons. The molecule has 1 unspecified atom stereocenters. The number of hydrogen-bond acceptors (Lipinski definition) is 6. The smallest absolute Gasteiger partial charge is 0.329 e. The molecular weight excluding hydrogens is 506 g/mol. The molecule has 12 nitrogen and oxygen atoms in total. The van der Waals surface area contributed by atoms with E-state index in [0.717, 1.165) is 25.7 Å². The molecule has 12 heteroatoms. The Kier molecular flexibility index (Phi) is 9.60. The van der Waals surface area contributed by atoms with Gasteiger partial charge in [0, 0.05) is 6.54 Å². The summed E-state index contributed by atoms with van der Waals surface area (Å²) in [6, 6.07) is -3.71. The van der Waals surface area contributed by atoms with E-state index in [0.29, 0.717) is 44.9 Å². The van der Waals surface area contributed by atoms with Crippen LogP contribution in [0.4, 0.5) is 4.79 Å². The van der Waals surface area contributed by atoms with E-state index in [1.165, 1.54) is 4.90 Å². The number of primary amides is 1. The number of carbonyl (C=O) groups excluding carboxylic acids is 5. The lowest BCUT2D eigenvalue weighted by molar-refractivity contribution is -0.146. The number of rotatable bonds is 10. The number of nitrogens with one attached hydrogen (secondary N) is 3. The largest absolute Gasteiger partial charge is 0.480 e. The first-order chi connectivity index (χ1) is 18.2. The first-order valence-corrected chi connectivity index (χ1v) is 14.0. The molecule has 0 bridgehead atoms. The van der Waals surface area contributed by atoms with E-state index in [1.54, 1.807) is 20.8 Å². The van der Waals surface area contributed by atoms with Crippen molar-refractivity contribution in [3.8, 4) is 0 Å². The Morgan fingerprint density at radius 2 is 1.59 bits per heavy atom. The Labute approximate surface area is 229 Å². The Morgan fingerprint density at radius 1 is 0.949 bits per heavy atom. The summed E-state index contributed by atoms with van der Waals surface area (Å²) < 4.78 is 0. The van der Waals surface area contributed by atoms with Crippen LogP contribution < -0.4 is 21.7 Å². The molecule has 6 N–H and O–H groups in total. The van der Waals surface area contributed by atoms with Crippen molar-refractivity contribution in [3.05, 3.63) is 0 Å². The average Bonchev–Trinajstić information content (AvgIpc) is 3.33. The van der Waals surface area contributed by atoms with Gasteiger partial charge in [-0.1, -0.05) is 59.3 Å². The van der Waals surface area contributed by atoms with Crippen LogP contribution in [0.3, 0.4) is 0 Å².